The van der Waals surface area contributed by atoms with Crippen LogP contribution in [0.25, 0.3) is 0 Å². The van der Waals surface area contributed by atoms with Crippen LogP contribution in [0.5, 0.6) is 0 Å². The summed E-state index contributed by atoms with van der Waals surface area (Å²) in [5.41, 5.74) is 0.477. The quantitative estimate of drug-likeness (QED) is 0.708. The minimum atomic E-state index is -2.85. The summed E-state index contributed by atoms with van der Waals surface area (Å²) in [6.07, 6.45) is -3.01. The molecule has 8 heteroatoms. The molecule has 3 N–H and O–H groups in total. The number of rotatable bonds is 7. The van der Waals surface area contributed by atoms with Gasteiger partial charge in [-0.1, -0.05) is 13.0 Å². The summed E-state index contributed by atoms with van der Waals surface area (Å²) >= 11 is 0. The Morgan fingerprint density at radius 1 is 1.33 bits per heavy atom. The first-order valence-electron chi connectivity index (χ1n) is 7.50. The molecule has 24 heavy (non-hydrogen) atoms. The van der Waals surface area contributed by atoms with E-state index in [0.717, 1.165) is 6.42 Å². The lowest BCUT2D eigenvalue weighted by Crippen LogP contribution is -2.42. The Labute approximate surface area is 137 Å². The first-order chi connectivity index (χ1) is 11.3. The lowest BCUT2D eigenvalue weighted by Gasteiger charge is -2.14. The summed E-state index contributed by atoms with van der Waals surface area (Å²) in [6, 6.07) is 4.22. The third-order valence-corrected chi connectivity index (χ3v) is 3.86. The van der Waals surface area contributed by atoms with Crippen LogP contribution in [0.1, 0.15) is 30.1 Å². The monoisotopic (exact) mass is 340 g/mol. The summed E-state index contributed by atoms with van der Waals surface area (Å²) in [6.45, 7) is 1.96. The molecule has 2 amide bonds. The van der Waals surface area contributed by atoms with Crippen LogP contribution in [0.3, 0.4) is 0 Å². The molecule has 1 aromatic rings. The maximum atomic E-state index is 12.4. The van der Waals surface area contributed by atoms with Gasteiger partial charge in [0.1, 0.15) is 6.04 Å². The molecular weight excluding hydrogens is 322 g/mol. The second-order valence-electron chi connectivity index (χ2n) is 5.88. The van der Waals surface area contributed by atoms with Gasteiger partial charge in [-0.25, -0.2) is 13.6 Å². The third kappa shape index (κ3) is 4.74. The third-order valence-electron chi connectivity index (χ3n) is 3.86. The van der Waals surface area contributed by atoms with Crippen molar-refractivity contribution in [3.05, 3.63) is 29.8 Å². The molecule has 6 nitrogen and oxygen atoms in total. The molecular formula is C16H18F2N2O4. The zero-order chi connectivity index (χ0) is 17.9. The molecule has 3 atom stereocenters. The number of carboxylic acid groups (broad SMARTS) is 1. The molecule has 0 aromatic heterocycles. The van der Waals surface area contributed by atoms with Crippen LogP contribution in [-0.2, 0) is 9.59 Å². The second kappa shape index (κ2) is 7.37. The van der Waals surface area contributed by atoms with Crippen LogP contribution in [0, 0.1) is 11.8 Å². The molecule has 0 aliphatic heterocycles. The van der Waals surface area contributed by atoms with Gasteiger partial charge in [0.15, 0.2) is 0 Å². The van der Waals surface area contributed by atoms with Crippen molar-refractivity contribution in [2.24, 2.45) is 11.8 Å². The summed E-state index contributed by atoms with van der Waals surface area (Å²) in [4.78, 5) is 34.8. The van der Waals surface area contributed by atoms with Gasteiger partial charge in [-0.3, -0.25) is 9.59 Å². The van der Waals surface area contributed by atoms with Gasteiger partial charge in [-0.2, -0.15) is 0 Å². The van der Waals surface area contributed by atoms with E-state index in [1.165, 1.54) is 18.2 Å². The molecule has 0 radical (unpaired) electrons. The number of amides is 2. The Morgan fingerprint density at radius 3 is 2.54 bits per heavy atom. The topological polar surface area (TPSA) is 95.5 Å². The van der Waals surface area contributed by atoms with Gasteiger partial charge >= 0.3 is 5.97 Å². The lowest BCUT2D eigenvalue weighted by molar-refractivity contribution is -0.140. The Kier molecular flexibility index (Phi) is 5.48. The molecule has 0 spiro atoms. The largest absolute Gasteiger partial charge is 0.480 e. The highest BCUT2D eigenvalue weighted by atomic mass is 19.3. The first kappa shape index (κ1) is 17.8. The van der Waals surface area contributed by atoms with Gasteiger partial charge in [0.2, 0.25) is 12.3 Å². The van der Waals surface area contributed by atoms with Crippen LogP contribution in [-0.4, -0.2) is 35.4 Å². The first-order valence-corrected chi connectivity index (χ1v) is 7.50. The molecule has 2 rings (SSSR count). The van der Waals surface area contributed by atoms with Gasteiger partial charge in [0, 0.05) is 23.6 Å². The summed E-state index contributed by atoms with van der Waals surface area (Å²) < 4.78 is 24.7. The number of alkyl halides is 2. The standard InChI is InChI=1S/C16H18F2N2O4/c1-8-5-11(8)15(22)19-10-4-2-3-9(6-10)14(21)20-12(16(23)24)7-13(17)18/h2-4,6,8,11-13H,5,7H2,1H3,(H,19,22)(H,20,21)(H,23,24). The molecule has 1 aromatic carbocycles. The predicted octanol–water partition coefficient (Wildman–Crippen LogP) is 2.12. The SMILES string of the molecule is CC1CC1C(=O)Nc1cccc(C(=O)NC(CC(F)F)C(=O)O)c1. The number of nitrogens with one attached hydrogen (secondary N) is 2. The van der Waals surface area contributed by atoms with Gasteiger partial charge in [0.25, 0.3) is 5.91 Å². The maximum absolute atomic E-state index is 12.4. The highest BCUT2D eigenvalue weighted by Gasteiger charge is 2.39. The van der Waals surface area contributed by atoms with Crippen LogP contribution in [0.2, 0.25) is 0 Å². The van der Waals surface area contributed by atoms with Crippen molar-refractivity contribution in [1.82, 2.24) is 5.32 Å². The van der Waals surface area contributed by atoms with E-state index in [4.69, 9.17) is 5.11 Å². The Morgan fingerprint density at radius 2 is 2.00 bits per heavy atom. The summed E-state index contributed by atoms with van der Waals surface area (Å²) in [5.74, 6) is -2.16. The van der Waals surface area contributed by atoms with Gasteiger partial charge < -0.3 is 15.7 Å². The zero-order valence-electron chi connectivity index (χ0n) is 13.0. The van der Waals surface area contributed by atoms with Crippen molar-refractivity contribution < 1.29 is 28.3 Å². The molecule has 3 unspecified atom stereocenters. The number of carbonyl (C=O) groups is 3. The fourth-order valence-corrected chi connectivity index (χ4v) is 2.30. The van der Waals surface area contributed by atoms with Crippen molar-refractivity contribution in [3.63, 3.8) is 0 Å². The van der Waals surface area contributed by atoms with Crippen molar-refractivity contribution in [1.29, 1.82) is 0 Å². The van der Waals surface area contributed by atoms with Crippen molar-refractivity contribution in [2.75, 3.05) is 5.32 Å². The van der Waals surface area contributed by atoms with Crippen molar-refractivity contribution >= 4 is 23.5 Å². The molecule has 1 aliphatic carbocycles. The number of hydrogen-bond acceptors (Lipinski definition) is 3. The number of carboxylic acids is 1. The lowest BCUT2D eigenvalue weighted by atomic mass is 10.1. The summed E-state index contributed by atoms with van der Waals surface area (Å²) in [5, 5.41) is 13.6. The highest BCUT2D eigenvalue weighted by molar-refractivity contribution is 5.99. The Balaban J connectivity index is 2.02. The fourth-order valence-electron chi connectivity index (χ4n) is 2.30. The van der Waals surface area contributed by atoms with Crippen LogP contribution < -0.4 is 10.6 Å². The average molecular weight is 340 g/mol. The van der Waals surface area contributed by atoms with E-state index in [1.54, 1.807) is 6.07 Å². The Bertz CT molecular complexity index is 651. The van der Waals surface area contributed by atoms with E-state index in [-0.39, 0.29) is 17.4 Å². The van der Waals surface area contributed by atoms with Crippen LogP contribution in [0.4, 0.5) is 14.5 Å². The molecule has 1 saturated carbocycles. The van der Waals surface area contributed by atoms with Gasteiger partial charge in [-0.05, 0) is 30.5 Å². The van der Waals surface area contributed by atoms with E-state index in [1.807, 2.05) is 6.92 Å². The minimum Gasteiger partial charge on any atom is -0.480 e. The molecule has 1 aliphatic rings. The minimum absolute atomic E-state index is 0.0371. The Hall–Kier alpha value is -2.51. The number of halogens is 2. The highest BCUT2D eigenvalue weighted by Crippen LogP contribution is 2.38. The number of anilines is 1. The number of carbonyl (C=O) groups excluding carboxylic acids is 2. The molecule has 0 bridgehead atoms. The number of aliphatic carboxylic acids is 1. The van der Waals surface area contributed by atoms with E-state index in [9.17, 15) is 23.2 Å². The molecule has 0 heterocycles. The molecule has 0 saturated heterocycles. The maximum Gasteiger partial charge on any atom is 0.326 e. The summed E-state index contributed by atoms with van der Waals surface area (Å²) in [7, 11) is 0. The smallest absolute Gasteiger partial charge is 0.326 e. The molecule has 1 fully saturated rings. The van der Waals surface area contributed by atoms with Gasteiger partial charge in [0.05, 0.1) is 0 Å². The van der Waals surface area contributed by atoms with E-state index in [0.29, 0.717) is 11.6 Å². The van der Waals surface area contributed by atoms with Crippen LogP contribution >= 0.6 is 0 Å². The predicted molar refractivity (Wildman–Crippen MR) is 81.9 cm³/mol. The number of hydrogen-bond donors (Lipinski definition) is 3. The van der Waals surface area contributed by atoms with Crippen LogP contribution in [0.15, 0.2) is 24.3 Å². The van der Waals surface area contributed by atoms with E-state index < -0.39 is 30.8 Å². The fraction of sp³-hybridized carbons (Fsp3) is 0.438. The van der Waals surface area contributed by atoms with E-state index in [2.05, 4.69) is 10.6 Å². The molecule has 130 valence electrons. The normalized spacial score (nSPS) is 20.3. The van der Waals surface area contributed by atoms with E-state index >= 15 is 0 Å². The van der Waals surface area contributed by atoms with Crippen molar-refractivity contribution in [3.8, 4) is 0 Å². The number of benzene rings is 1. The zero-order valence-corrected chi connectivity index (χ0v) is 13.0. The van der Waals surface area contributed by atoms with Crippen molar-refractivity contribution in [2.45, 2.75) is 32.2 Å². The second-order valence-corrected chi connectivity index (χ2v) is 5.88. The van der Waals surface area contributed by atoms with Gasteiger partial charge in [-0.15, -0.1) is 0 Å². The average Bonchev–Trinajstić information content (AvgIpc) is 3.23.